The van der Waals surface area contributed by atoms with Crippen LogP contribution in [0.15, 0.2) is 0 Å². The van der Waals surface area contributed by atoms with Crippen molar-refractivity contribution in [2.45, 2.75) is 64.4 Å². The van der Waals surface area contributed by atoms with Crippen LogP contribution in [0.1, 0.15) is 58.8 Å². The Morgan fingerprint density at radius 1 is 1.26 bits per heavy atom. The lowest BCUT2D eigenvalue weighted by molar-refractivity contribution is -0.167. The van der Waals surface area contributed by atoms with Crippen molar-refractivity contribution in [1.82, 2.24) is 0 Å². The van der Waals surface area contributed by atoms with Gasteiger partial charge in [-0.1, -0.05) is 32.6 Å². The van der Waals surface area contributed by atoms with E-state index in [1.54, 1.807) is 14.0 Å². The third-order valence-corrected chi connectivity index (χ3v) is 8.42. The van der Waals surface area contributed by atoms with Gasteiger partial charge in [-0.3, -0.25) is 4.57 Å². The minimum atomic E-state index is -1.23. The van der Waals surface area contributed by atoms with Gasteiger partial charge in [0.15, 0.2) is 12.2 Å². The Balaban J connectivity index is 2.23. The van der Waals surface area contributed by atoms with Gasteiger partial charge in [-0.2, -0.15) is 0 Å². The molecule has 0 aliphatic heterocycles. The monoisotopic (exact) mass is 380 g/mol. The van der Waals surface area contributed by atoms with E-state index < -0.39 is 12.2 Å². The van der Waals surface area contributed by atoms with Crippen LogP contribution in [-0.2, 0) is 39.5 Å². The number of esters is 1. The largest absolute Gasteiger partial charge is 0.464 e. The molecule has 0 bridgehead atoms. The molecular formula is C16H29O4PS2. The average molecular weight is 381 g/mol. The number of carbonyl (C=O) groups excluding carboxylic acids is 1. The van der Waals surface area contributed by atoms with Crippen LogP contribution in [0.25, 0.3) is 0 Å². The Morgan fingerprint density at radius 3 is 2.30 bits per heavy atom. The van der Waals surface area contributed by atoms with Crippen LogP contribution in [0.5, 0.6) is 0 Å². The van der Waals surface area contributed by atoms with Gasteiger partial charge >= 0.3 is 5.97 Å². The molecule has 0 aromatic carbocycles. The lowest BCUT2D eigenvalue weighted by Crippen LogP contribution is -2.38. The second kappa shape index (κ2) is 10.8. The molecule has 0 aromatic rings. The number of hydrogen-bond acceptors (Lipinski definition) is 5. The molecule has 2 atom stereocenters. The van der Waals surface area contributed by atoms with Crippen molar-refractivity contribution in [3.05, 3.63) is 0 Å². The van der Waals surface area contributed by atoms with Gasteiger partial charge in [-0.25, -0.2) is 4.79 Å². The Bertz CT molecular complexity index is 472. The van der Waals surface area contributed by atoms with Crippen LogP contribution in [0.3, 0.4) is 0 Å². The van der Waals surface area contributed by atoms with Gasteiger partial charge in [-0.15, -0.1) is 0 Å². The summed E-state index contributed by atoms with van der Waals surface area (Å²) in [6.45, 7) is 2.94. The minimum absolute atomic E-state index is 0.263. The van der Waals surface area contributed by atoms with Crippen molar-refractivity contribution in [1.29, 1.82) is 0 Å². The van der Waals surface area contributed by atoms with E-state index in [-0.39, 0.29) is 5.97 Å². The van der Waals surface area contributed by atoms with Crippen molar-refractivity contribution < 1.29 is 18.8 Å². The van der Waals surface area contributed by atoms with E-state index in [0.717, 1.165) is 28.5 Å². The van der Waals surface area contributed by atoms with Crippen LogP contribution < -0.4 is 0 Å². The van der Waals surface area contributed by atoms with Crippen LogP contribution in [0.4, 0.5) is 0 Å². The lowest BCUT2D eigenvalue weighted by atomic mass is 9.79. The summed E-state index contributed by atoms with van der Waals surface area (Å²) in [5.74, 6) is 1.06. The minimum Gasteiger partial charge on any atom is -0.464 e. The molecule has 2 unspecified atom stereocenters. The quantitative estimate of drug-likeness (QED) is 0.443. The molecule has 4 nitrogen and oxygen atoms in total. The normalized spacial score (nSPS) is 24.6. The van der Waals surface area contributed by atoms with Gasteiger partial charge in [0.1, 0.15) is 0 Å². The highest BCUT2D eigenvalue weighted by Crippen LogP contribution is 2.33. The summed E-state index contributed by atoms with van der Waals surface area (Å²) in [6, 6.07) is 0. The van der Waals surface area contributed by atoms with E-state index in [0.29, 0.717) is 24.9 Å². The van der Waals surface area contributed by atoms with Crippen molar-refractivity contribution >= 4 is 33.2 Å². The average Bonchev–Trinajstić information content (AvgIpc) is 2.59. The highest BCUT2D eigenvalue weighted by Gasteiger charge is 2.33. The Hall–Kier alpha value is -0.0300. The Kier molecular flexibility index (Phi) is 9.83. The zero-order chi connectivity index (χ0) is 17.3. The summed E-state index contributed by atoms with van der Waals surface area (Å²) < 4.78 is 22.1. The van der Waals surface area contributed by atoms with Crippen molar-refractivity contribution in [3.63, 3.8) is 0 Å². The van der Waals surface area contributed by atoms with E-state index in [4.69, 9.17) is 20.7 Å². The third kappa shape index (κ3) is 7.16. The van der Waals surface area contributed by atoms with Gasteiger partial charge in [0, 0.05) is 13.3 Å². The van der Waals surface area contributed by atoms with Crippen LogP contribution >= 0.6 is 6.58 Å². The summed E-state index contributed by atoms with van der Waals surface area (Å²) in [5.41, 5.74) is -0.822. The molecule has 1 aliphatic rings. The first kappa shape index (κ1) is 21.0. The molecule has 7 heteroatoms. The second-order valence-electron chi connectivity index (χ2n) is 6.52. The van der Waals surface area contributed by atoms with Crippen LogP contribution in [0, 0.1) is 11.8 Å². The number of rotatable bonds is 9. The molecule has 0 radical (unpaired) electrons. The zero-order valence-corrected chi connectivity index (χ0v) is 16.9. The van der Waals surface area contributed by atoms with E-state index >= 15 is 0 Å². The fourth-order valence-electron chi connectivity index (χ4n) is 2.98. The first-order chi connectivity index (χ1) is 10.9. The molecule has 0 spiro atoms. The predicted molar refractivity (Wildman–Crippen MR) is 98.5 cm³/mol. The number of hydrogen-bond donors (Lipinski definition) is 0. The molecule has 1 fully saturated rings. The predicted octanol–water partition coefficient (Wildman–Crippen LogP) is 4.22. The number of ether oxygens (including phenoxy) is 2. The molecule has 23 heavy (non-hydrogen) atoms. The summed E-state index contributed by atoms with van der Waals surface area (Å²) in [4.78, 5) is 12.0. The summed E-state index contributed by atoms with van der Waals surface area (Å²) in [5, 5.41) is 0. The highest BCUT2D eigenvalue weighted by atomic mass is 32.9. The van der Waals surface area contributed by atoms with Gasteiger partial charge in [0.2, 0.25) is 0 Å². The topological polar surface area (TPSA) is 52.6 Å². The number of methoxy groups -OCH3 is 1. The van der Waals surface area contributed by atoms with E-state index in [1.165, 1.54) is 25.7 Å². The maximum Gasteiger partial charge on any atom is 0.338 e. The van der Waals surface area contributed by atoms with Gasteiger partial charge in [-0.05, 0) is 58.7 Å². The fourth-order valence-corrected chi connectivity index (χ4v) is 4.84. The van der Waals surface area contributed by atoms with Gasteiger partial charge in [0.25, 0.3) is 0 Å². The summed E-state index contributed by atoms with van der Waals surface area (Å²) >= 11 is 4.76. The van der Waals surface area contributed by atoms with Gasteiger partial charge in [0.05, 0.1) is 6.61 Å². The number of carbonyl (C=O) groups is 1. The molecule has 1 saturated carbocycles. The van der Waals surface area contributed by atoms with Gasteiger partial charge < -0.3 is 9.47 Å². The van der Waals surface area contributed by atoms with E-state index in [1.807, 2.05) is 6.92 Å². The summed E-state index contributed by atoms with van der Waals surface area (Å²) in [7, 11) is 2.61. The SMILES string of the molecule is CCC(C)(OC)C(=O)OCCC1CCC(CCP(=O)=S=S)CC1. The Morgan fingerprint density at radius 2 is 1.83 bits per heavy atom. The molecule has 1 rings (SSSR count). The molecule has 134 valence electrons. The molecule has 0 heterocycles. The van der Waals surface area contributed by atoms with Crippen molar-refractivity contribution in [3.8, 4) is 0 Å². The van der Waals surface area contributed by atoms with E-state index in [9.17, 15) is 9.36 Å². The zero-order valence-electron chi connectivity index (χ0n) is 14.4. The first-order valence-corrected chi connectivity index (χ1v) is 12.2. The standard InChI is InChI=1S/C16H29O4PS2/c1-4-16(2,19-3)15(17)20-11-9-13-5-7-14(8-6-13)10-12-21(18)23-22/h13-14H,4-12H2,1-3H3. The van der Waals surface area contributed by atoms with Crippen molar-refractivity contribution in [2.75, 3.05) is 19.9 Å². The third-order valence-electron chi connectivity index (χ3n) is 5.09. The fraction of sp³-hybridized carbons (Fsp3) is 0.938. The Labute approximate surface area is 148 Å². The summed E-state index contributed by atoms with van der Waals surface area (Å²) in [6.07, 6.45) is 8.05. The van der Waals surface area contributed by atoms with E-state index in [2.05, 4.69) is 0 Å². The van der Waals surface area contributed by atoms with Crippen LogP contribution in [0.2, 0.25) is 0 Å². The molecule has 0 saturated heterocycles. The second-order valence-corrected chi connectivity index (χ2v) is 10.8. The molecule has 0 N–H and O–H groups in total. The molecule has 0 amide bonds. The van der Waals surface area contributed by atoms with Crippen molar-refractivity contribution in [2.24, 2.45) is 11.8 Å². The lowest BCUT2D eigenvalue weighted by Gasteiger charge is -2.29. The van der Waals surface area contributed by atoms with Crippen LogP contribution in [-0.4, -0.2) is 31.4 Å². The highest BCUT2D eigenvalue weighted by molar-refractivity contribution is 8.32. The molecular weight excluding hydrogens is 351 g/mol. The maximum absolute atomic E-state index is 12.0. The first-order valence-electron chi connectivity index (χ1n) is 8.42. The smallest absolute Gasteiger partial charge is 0.338 e. The maximum atomic E-state index is 12.0. The molecule has 0 aromatic heterocycles. The molecule has 1 aliphatic carbocycles.